The van der Waals surface area contributed by atoms with Crippen LogP contribution in [0.2, 0.25) is 0 Å². The molecule has 2 aliphatic heterocycles. The fourth-order valence-corrected chi connectivity index (χ4v) is 9.52. The molecular formula is C33H24Cl2F8N2O6. The summed E-state index contributed by atoms with van der Waals surface area (Å²) in [6.07, 6.45) is -1.42. The molecule has 2 saturated carbocycles. The first-order valence-electron chi connectivity index (χ1n) is 15.8. The fourth-order valence-electron chi connectivity index (χ4n) is 8.60. The van der Waals surface area contributed by atoms with E-state index in [1.807, 2.05) is 0 Å². The minimum atomic E-state index is -5.27. The third kappa shape index (κ3) is 4.91. The average Bonchev–Trinajstić information content (AvgIpc) is 3.42. The third-order valence-electron chi connectivity index (χ3n) is 10.7. The van der Waals surface area contributed by atoms with Crippen LogP contribution in [0.1, 0.15) is 56.4 Å². The van der Waals surface area contributed by atoms with Gasteiger partial charge in [-0.2, -0.15) is 0 Å². The number of halogens is 10. The molecule has 3 aliphatic carbocycles. The molecule has 272 valence electrons. The number of alkyl halides is 5. The van der Waals surface area contributed by atoms with Crippen molar-refractivity contribution in [3.8, 4) is 11.5 Å². The van der Waals surface area contributed by atoms with Crippen molar-refractivity contribution in [2.45, 2.75) is 73.0 Å². The lowest BCUT2D eigenvalue weighted by molar-refractivity contribution is -0.274. The third-order valence-corrected chi connectivity index (χ3v) is 12.2. The molecule has 0 bridgehead atoms. The SMILES string of the molecule is O=C1C2CC=C3C(CC4(Cl)C(=O)N(c5c(F)c(F)c(F)c(F)c5F)C(=O)C4(Cl)C3c3cc(OC(F)(F)F)ccc3O)C2C(=O)N1C1CCCCC1. The Hall–Kier alpha value is -3.92. The molecule has 4 fully saturated rings. The maximum atomic E-state index is 15.2. The lowest BCUT2D eigenvalue weighted by Crippen LogP contribution is -2.60. The minimum Gasteiger partial charge on any atom is -0.508 e. The van der Waals surface area contributed by atoms with Crippen molar-refractivity contribution in [3.63, 3.8) is 0 Å². The molecule has 4 amide bonds. The van der Waals surface area contributed by atoms with Crippen LogP contribution in [0, 0.1) is 46.8 Å². The summed E-state index contributed by atoms with van der Waals surface area (Å²) in [4.78, 5) is 51.3. The number of fused-ring (bicyclic) bond motifs is 4. The van der Waals surface area contributed by atoms with Gasteiger partial charge in [-0.15, -0.1) is 36.4 Å². The quantitative estimate of drug-likeness (QED) is 0.0909. The summed E-state index contributed by atoms with van der Waals surface area (Å²) in [7, 11) is 0. The van der Waals surface area contributed by atoms with E-state index in [1.54, 1.807) is 0 Å². The lowest BCUT2D eigenvalue weighted by Gasteiger charge is -2.50. The first kappa shape index (κ1) is 35.5. The number of hydrogen-bond acceptors (Lipinski definition) is 6. The fraction of sp³-hybridized carbons (Fsp3) is 0.455. The van der Waals surface area contributed by atoms with Crippen molar-refractivity contribution in [1.82, 2.24) is 4.90 Å². The molecule has 2 saturated heterocycles. The number of aromatic hydroxyl groups is 1. The molecule has 0 spiro atoms. The van der Waals surface area contributed by atoms with Gasteiger partial charge in [0.15, 0.2) is 33.0 Å². The van der Waals surface area contributed by atoms with Crippen LogP contribution in [0.15, 0.2) is 29.8 Å². The van der Waals surface area contributed by atoms with E-state index in [-0.39, 0.29) is 12.0 Å². The monoisotopic (exact) mass is 766 g/mol. The molecule has 0 aromatic heterocycles. The molecular weight excluding hydrogens is 743 g/mol. The summed E-state index contributed by atoms with van der Waals surface area (Å²) in [6.45, 7) is 0. The number of hydrogen-bond donors (Lipinski definition) is 1. The standard InChI is InChI=1S/C33H24Cl2F8N2O6/c34-31-11-17-14(7-8-15-19(17)28(48)44(27(15)47)12-4-2-1-3-5-12)20(16-10-13(6-9-18(16)46)51-33(41,42)43)32(31,35)30(50)45(29(31)49)26-24(39)22(37)21(36)23(38)25(26)40/h6-7,9-10,12,15,17,19-20,46H,1-5,8,11H2. The van der Waals surface area contributed by atoms with Crippen LogP contribution in [0.3, 0.4) is 0 Å². The number of benzene rings is 2. The summed E-state index contributed by atoms with van der Waals surface area (Å²) in [5.74, 6) is -24.9. The zero-order chi connectivity index (χ0) is 37.1. The number of carbonyl (C=O) groups excluding carboxylic acids is 4. The highest BCUT2D eigenvalue weighted by atomic mass is 35.5. The molecule has 51 heavy (non-hydrogen) atoms. The van der Waals surface area contributed by atoms with Gasteiger partial charge in [-0.05, 0) is 49.8 Å². The van der Waals surface area contributed by atoms with Gasteiger partial charge < -0.3 is 9.84 Å². The van der Waals surface area contributed by atoms with Gasteiger partial charge >= 0.3 is 6.36 Å². The second-order valence-corrected chi connectivity index (χ2v) is 14.5. The Balaban J connectivity index is 1.44. The van der Waals surface area contributed by atoms with Crippen molar-refractivity contribution in [2.75, 3.05) is 4.90 Å². The number of likely N-dealkylation sites (tertiary alicyclic amines) is 1. The van der Waals surface area contributed by atoms with Crippen LogP contribution >= 0.6 is 23.2 Å². The zero-order valence-corrected chi connectivity index (χ0v) is 27.3. The molecule has 2 aromatic rings. The van der Waals surface area contributed by atoms with Crippen LogP contribution in [0.25, 0.3) is 0 Å². The number of amides is 4. The van der Waals surface area contributed by atoms with E-state index in [4.69, 9.17) is 23.2 Å². The van der Waals surface area contributed by atoms with Crippen molar-refractivity contribution >= 4 is 52.5 Å². The molecule has 0 radical (unpaired) electrons. The van der Waals surface area contributed by atoms with Crippen molar-refractivity contribution < 1.29 is 64.1 Å². The number of phenolic OH excluding ortho intramolecular Hbond substituents is 1. The predicted molar refractivity (Wildman–Crippen MR) is 160 cm³/mol. The first-order valence-corrected chi connectivity index (χ1v) is 16.5. The van der Waals surface area contributed by atoms with Crippen LogP contribution in [-0.4, -0.2) is 55.8 Å². The molecule has 2 aromatic carbocycles. The van der Waals surface area contributed by atoms with Crippen molar-refractivity contribution in [1.29, 1.82) is 0 Å². The second-order valence-electron chi connectivity index (χ2n) is 13.3. The van der Waals surface area contributed by atoms with E-state index in [9.17, 15) is 50.6 Å². The van der Waals surface area contributed by atoms with Gasteiger partial charge in [-0.1, -0.05) is 30.9 Å². The normalized spacial score (nSPS) is 31.1. The Bertz CT molecular complexity index is 1920. The Morgan fingerprint density at radius 1 is 0.824 bits per heavy atom. The first-order chi connectivity index (χ1) is 23.8. The summed E-state index contributed by atoms with van der Waals surface area (Å²) in [5, 5.41) is 11.0. The molecule has 2 heterocycles. The van der Waals surface area contributed by atoms with Gasteiger partial charge in [0, 0.05) is 17.5 Å². The van der Waals surface area contributed by atoms with E-state index in [0.29, 0.717) is 25.0 Å². The molecule has 18 heteroatoms. The highest BCUT2D eigenvalue weighted by Gasteiger charge is 2.77. The second kappa shape index (κ2) is 11.8. The van der Waals surface area contributed by atoms with Crippen LogP contribution in [0.4, 0.5) is 40.8 Å². The molecule has 5 aliphatic rings. The van der Waals surface area contributed by atoms with Crippen LogP contribution in [-0.2, 0) is 19.2 Å². The maximum Gasteiger partial charge on any atom is 0.573 e. The number of phenols is 1. The van der Waals surface area contributed by atoms with Gasteiger partial charge in [0.2, 0.25) is 17.6 Å². The van der Waals surface area contributed by atoms with E-state index >= 15 is 8.78 Å². The number of carbonyl (C=O) groups is 4. The number of anilines is 1. The van der Waals surface area contributed by atoms with Crippen molar-refractivity contribution in [3.05, 3.63) is 64.5 Å². The van der Waals surface area contributed by atoms with E-state index < -0.39 is 133 Å². The maximum absolute atomic E-state index is 15.2. The van der Waals surface area contributed by atoms with E-state index in [0.717, 1.165) is 30.2 Å². The summed E-state index contributed by atoms with van der Waals surface area (Å²) in [6, 6.07) is 1.62. The van der Waals surface area contributed by atoms with Gasteiger partial charge in [0.05, 0.1) is 11.8 Å². The number of imide groups is 2. The Morgan fingerprint density at radius 2 is 1.43 bits per heavy atom. The average molecular weight is 767 g/mol. The molecule has 8 nitrogen and oxygen atoms in total. The van der Waals surface area contributed by atoms with Gasteiger partial charge in [-0.3, -0.25) is 24.1 Å². The van der Waals surface area contributed by atoms with Gasteiger partial charge in [0.1, 0.15) is 17.2 Å². The topological polar surface area (TPSA) is 104 Å². The number of rotatable bonds is 4. The molecule has 6 atom stereocenters. The number of allylic oxidation sites excluding steroid dienone is 2. The predicted octanol–water partition coefficient (Wildman–Crippen LogP) is 6.88. The molecule has 6 unspecified atom stereocenters. The number of ether oxygens (including phenoxy) is 1. The number of nitrogens with zero attached hydrogens (tertiary/aromatic N) is 2. The van der Waals surface area contributed by atoms with Crippen LogP contribution in [0.5, 0.6) is 11.5 Å². The summed E-state index contributed by atoms with van der Waals surface area (Å²) in [5.41, 5.74) is -2.67. The minimum absolute atomic E-state index is 0.0333. The molecule has 1 N–H and O–H groups in total. The van der Waals surface area contributed by atoms with E-state index in [1.165, 1.54) is 6.08 Å². The van der Waals surface area contributed by atoms with Gasteiger partial charge in [0.25, 0.3) is 11.8 Å². The Morgan fingerprint density at radius 3 is 2.04 bits per heavy atom. The molecule has 7 rings (SSSR count). The highest BCUT2D eigenvalue weighted by molar-refractivity contribution is 6.58. The Kier molecular flexibility index (Phi) is 8.21. The summed E-state index contributed by atoms with van der Waals surface area (Å²) >= 11 is 14.0. The smallest absolute Gasteiger partial charge is 0.508 e. The lowest BCUT2D eigenvalue weighted by atomic mass is 9.56. The zero-order valence-electron chi connectivity index (χ0n) is 25.8. The van der Waals surface area contributed by atoms with Crippen LogP contribution < -0.4 is 9.64 Å². The Labute approximate surface area is 292 Å². The van der Waals surface area contributed by atoms with Gasteiger partial charge in [-0.25, -0.2) is 26.9 Å². The highest BCUT2D eigenvalue weighted by Crippen LogP contribution is 2.67. The van der Waals surface area contributed by atoms with Crippen molar-refractivity contribution in [2.24, 2.45) is 17.8 Å². The van der Waals surface area contributed by atoms with E-state index in [2.05, 4.69) is 4.74 Å². The summed E-state index contributed by atoms with van der Waals surface area (Å²) < 4.78 is 117. The largest absolute Gasteiger partial charge is 0.573 e.